The minimum Gasteiger partial charge on any atom is -0.412 e. The van der Waals surface area contributed by atoms with E-state index in [0.717, 1.165) is 0 Å². The summed E-state index contributed by atoms with van der Waals surface area (Å²) >= 11 is 0. The van der Waals surface area contributed by atoms with Crippen molar-refractivity contribution in [2.24, 2.45) is 0 Å². The SMILES string of the molecule is CCOS(=O)(=O)OCC.O.O.O.O.O.O.O.O.O.O. The molecule has 0 aliphatic heterocycles. The Kier molecular flexibility index (Phi) is 281. The number of hydrogen-bond donors (Lipinski definition) is 0. The molecule has 0 rings (SSSR count). The summed E-state index contributed by atoms with van der Waals surface area (Å²) in [4.78, 5) is 0. The second-order valence-electron chi connectivity index (χ2n) is 1.22. The van der Waals surface area contributed by atoms with E-state index in [4.69, 9.17) is 0 Å². The van der Waals surface area contributed by atoms with Gasteiger partial charge in [0.2, 0.25) is 0 Å². The van der Waals surface area contributed by atoms with Crippen molar-refractivity contribution in [1.82, 2.24) is 0 Å². The van der Waals surface area contributed by atoms with Crippen LogP contribution in [0.3, 0.4) is 0 Å². The lowest BCUT2D eigenvalue weighted by Gasteiger charge is -1.99. The molecule has 0 radical (unpaired) electrons. The maximum Gasteiger partial charge on any atom is 0.399 e. The minimum absolute atomic E-state index is 0. The summed E-state index contributed by atoms with van der Waals surface area (Å²) in [5.41, 5.74) is 0. The van der Waals surface area contributed by atoms with Gasteiger partial charge >= 0.3 is 10.4 Å². The van der Waals surface area contributed by atoms with Gasteiger partial charge in [0.05, 0.1) is 13.2 Å². The van der Waals surface area contributed by atoms with Crippen LogP contribution in [0.4, 0.5) is 0 Å². The molecule has 19 heavy (non-hydrogen) atoms. The molecule has 0 amide bonds. The molecule has 20 N–H and O–H groups in total. The van der Waals surface area contributed by atoms with Crippen molar-refractivity contribution in [3.05, 3.63) is 0 Å². The molecular weight excluding hydrogens is 304 g/mol. The first-order valence-corrected chi connectivity index (χ1v) is 3.99. The van der Waals surface area contributed by atoms with Crippen LogP contribution in [0.25, 0.3) is 0 Å². The average molecular weight is 334 g/mol. The quantitative estimate of drug-likeness (QED) is 0.482. The molecule has 0 bridgehead atoms. The van der Waals surface area contributed by atoms with E-state index in [1.807, 2.05) is 0 Å². The maximum atomic E-state index is 10.4. The van der Waals surface area contributed by atoms with Crippen LogP contribution in [0.5, 0.6) is 0 Å². The summed E-state index contributed by atoms with van der Waals surface area (Å²) in [5.74, 6) is 0. The van der Waals surface area contributed by atoms with Crippen LogP contribution in [0, 0.1) is 0 Å². The number of rotatable bonds is 4. The lowest BCUT2D eigenvalue weighted by Crippen LogP contribution is -2.09. The summed E-state index contributed by atoms with van der Waals surface area (Å²) in [7, 11) is -3.68. The van der Waals surface area contributed by atoms with Crippen LogP contribution < -0.4 is 0 Å². The van der Waals surface area contributed by atoms with Crippen molar-refractivity contribution in [2.45, 2.75) is 13.8 Å². The van der Waals surface area contributed by atoms with E-state index in [-0.39, 0.29) is 68.0 Å². The normalized spacial score (nSPS) is 5.58. The van der Waals surface area contributed by atoms with E-state index in [0.29, 0.717) is 0 Å². The fourth-order valence-electron chi connectivity index (χ4n) is 0.323. The van der Waals surface area contributed by atoms with Crippen LogP contribution in [0.2, 0.25) is 0 Å². The van der Waals surface area contributed by atoms with Gasteiger partial charge in [-0.25, -0.2) is 8.37 Å². The molecule has 0 atom stereocenters. The van der Waals surface area contributed by atoms with Gasteiger partial charge in [0, 0.05) is 0 Å². The highest BCUT2D eigenvalue weighted by molar-refractivity contribution is 7.81. The van der Waals surface area contributed by atoms with Crippen LogP contribution in [0.15, 0.2) is 0 Å². The lowest BCUT2D eigenvalue weighted by atomic mass is 10.9. The predicted molar refractivity (Wildman–Crippen MR) is 68.3 cm³/mol. The van der Waals surface area contributed by atoms with Gasteiger partial charge in [-0.1, -0.05) is 0 Å². The van der Waals surface area contributed by atoms with Gasteiger partial charge in [-0.2, -0.15) is 8.42 Å². The summed E-state index contributed by atoms with van der Waals surface area (Å²) < 4.78 is 29.2. The Morgan fingerprint density at radius 3 is 0.842 bits per heavy atom. The van der Waals surface area contributed by atoms with Crippen molar-refractivity contribution in [3.63, 3.8) is 0 Å². The Morgan fingerprint density at radius 2 is 0.737 bits per heavy atom. The van der Waals surface area contributed by atoms with Gasteiger partial charge in [-0.05, 0) is 13.8 Å². The fourth-order valence-corrected chi connectivity index (χ4v) is 0.968. The second kappa shape index (κ2) is 52.8. The Labute approximate surface area is 110 Å². The first-order valence-electron chi connectivity index (χ1n) is 2.66. The van der Waals surface area contributed by atoms with Crippen LogP contribution in [-0.4, -0.2) is 76.4 Å². The van der Waals surface area contributed by atoms with E-state index in [2.05, 4.69) is 8.37 Å². The second-order valence-corrected chi connectivity index (χ2v) is 2.51. The molecule has 14 nitrogen and oxygen atoms in total. The molecule has 0 fully saturated rings. The molecule has 15 heteroatoms. The molecule has 0 saturated heterocycles. The molecule has 0 heterocycles. The molecule has 0 unspecified atom stereocenters. The fraction of sp³-hybridized carbons (Fsp3) is 1.00. The minimum atomic E-state index is -3.68. The van der Waals surface area contributed by atoms with Gasteiger partial charge in [0.25, 0.3) is 0 Å². The molecule has 0 aromatic heterocycles. The summed E-state index contributed by atoms with van der Waals surface area (Å²) in [6, 6.07) is 0. The van der Waals surface area contributed by atoms with Crippen molar-refractivity contribution in [2.75, 3.05) is 13.2 Å². The topological polar surface area (TPSA) is 368 Å². The molecule has 0 aliphatic carbocycles. The van der Waals surface area contributed by atoms with Gasteiger partial charge in [-0.15, -0.1) is 0 Å². The van der Waals surface area contributed by atoms with Crippen molar-refractivity contribution >= 4 is 10.4 Å². The third-order valence-electron chi connectivity index (χ3n) is 0.524. The molecule has 0 aromatic rings. The predicted octanol–water partition coefficient (Wildman–Crippen LogP) is -7.94. The Balaban J connectivity index is -0.00000000711. The smallest absolute Gasteiger partial charge is 0.399 e. The third kappa shape index (κ3) is 74.9. The zero-order valence-electron chi connectivity index (χ0n) is 10.5. The van der Waals surface area contributed by atoms with E-state index >= 15 is 0 Å². The summed E-state index contributed by atoms with van der Waals surface area (Å²) in [5, 5.41) is 0. The van der Waals surface area contributed by atoms with Crippen molar-refractivity contribution < 1.29 is 71.5 Å². The maximum absolute atomic E-state index is 10.4. The molecular formula is C4H30O14S. The zero-order valence-corrected chi connectivity index (χ0v) is 11.3. The van der Waals surface area contributed by atoms with Crippen LogP contribution in [0.1, 0.15) is 13.8 Å². The first-order chi connectivity index (χ1) is 4.12. The standard InChI is InChI=1S/C4H10O4S.10H2O/c1-3-7-9(5,6)8-4-2;;;;;;;;;;/h3-4H2,1-2H3;10*1H2. The third-order valence-corrected chi connectivity index (χ3v) is 1.57. The van der Waals surface area contributed by atoms with Gasteiger partial charge in [0.15, 0.2) is 0 Å². The Morgan fingerprint density at radius 1 is 0.579 bits per heavy atom. The zero-order chi connectivity index (χ0) is 7.33. The highest BCUT2D eigenvalue weighted by Gasteiger charge is 2.06. The first kappa shape index (κ1) is 101. The average Bonchev–Trinajstić information content (AvgIpc) is 1.64. The summed E-state index contributed by atoms with van der Waals surface area (Å²) in [6.07, 6.45) is 0. The van der Waals surface area contributed by atoms with Gasteiger partial charge in [0.1, 0.15) is 0 Å². The monoisotopic (exact) mass is 334 g/mol. The molecule has 0 aromatic carbocycles. The highest BCUT2D eigenvalue weighted by Crippen LogP contribution is 1.93. The van der Waals surface area contributed by atoms with Crippen molar-refractivity contribution in [3.8, 4) is 0 Å². The van der Waals surface area contributed by atoms with Crippen molar-refractivity contribution in [1.29, 1.82) is 0 Å². The molecule has 136 valence electrons. The molecule has 0 aliphatic rings. The summed E-state index contributed by atoms with van der Waals surface area (Å²) in [6.45, 7) is 3.39. The molecule has 0 saturated carbocycles. The van der Waals surface area contributed by atoms with Gasteiger partial charge in [-0.3, -0.25) is 0 Å². The van der Waals surface area contributed by atoms with E-state index in [1.54, 1.807) is 13.8 Å². The largest absolute Gasteiger partial charge is 0.412 e. The lowest BCUT2D eigenvalue weighted by molar-refractivity contribution is 0.231. The van der Waals surface area contributed by atoms with Gasteiger partial charge < -0.3 is 54.8 Å². The van der Waals surface area contributed by atoms with Crippen LogP contribution >= 0.6 is 0 Å². The van der Waals surface area contributed by atoms with E-state index < -0.39 is 10.4 Å². The van der Waals surface area contributed by atoms with E-state index in [1.165, 1.54) is 0 Å². The van der Waals surface area contributed by atoms with Crippen LogP contribution in [-0.2, 0) is 18.8 Å². The Bertz CT molecular complexity index is 143. The Hall–Kier alpha value is -0.530. The number of hydrogen-bond acceptors (Lipinski definition) is 4. The van der Waals surface area contributed by atoms with E-state index in [9.17, 15) is 8.42 Å². The molecule has 0 spiro atoms. The highest BCUT2D eigenvalue weighted by atomic mass is 32.3.